The van der Waals surface area contributed by atoms with Gasteiger partial charge in [-0.15, -0.1) is 0 Å². The Morgan fingerprint density at radius 1 is 1.18 bits per heavy atom. The molecule has 1 N–H and O–H groups in total. The number of nitrogens with zero attached hydrogens (tertiary/aromatic N) is 3. The van der Waals surface area contributed by atoms with Crippen LogP contribution in [-0.4, -0.2) is 33.6 Å². The number of para-hydroxylation sites is 1. The van der Waals surface area contributed by atoms with Gasteiger partial charge in [0.1, 0.15) is 5.60 Å². The van der Waals surface area contributed by atoms with Crippen molar-refractivity contribution in [1.82, 2.24) is 19.8 Å². The molecule has 2 aliphatic heterocycles. The van der Waals surface area contributed by atoms with Crippen molar-refractivity contribution in [2.24, 2.45) is 0 Å². The molecule has 28 heavy (non-hydrogen) atoms. The smallest absolute Gasteiger partial charge is 0.317 e. The lowest BCUT2D eigenvalue weighted by molar-refractivity contribution is -0.0272. The predicted molar refractivity (Wildman–Crippen MR) is 105 cm³/mol. The first-order valence-corrected chi connectivity index (χ1v) is 9.57. The summed E-state index contributed by atoms with van der Waals surface area (Å²) in [6, 6.07) is 16.3. The molecule has 3 heterocycles. The van der Waals surface area contributed by atoms with E-state index in [2.05, 4.69) is 22.4 Å². The highest BCUT2D eigenvalue weighted by atomic mass is 16.5. The molecule has 6 heteroatoms. The van der Waals surface area contributed by atoms with Crippen LogP contribution in [0.2, 0.25) is 0 Å². The summed E-state index contributed by atoms with van der Waals surface area (Å²) in [4.78, 5) is 18.8. The van der Waals surface area contributed by atoms with E-state index in [-0.39, 0.29) is 11.6 Å². The number of imidazole rings is 1. The van der Waals surface area contributed by atoms with E-state index in [1.807, 2.05) is 52.1 Å². The number of benzene rings is 2. The summed E-state index contributed by atoms with van der Waals surface area (Å²) in [7, 11) is 0. The molecule has 142 valence electrons. The van der Waals surface area contributed by atoms with Crippen molar-refractivity contribution >= 4 is 6.03 Å². The number of aromatic nitrogens is 2. The number of nitrogens with one attached hydrogen (secondary N) is 1. The second kappa shape index (κ2) is 6.80. The van der Waals surface area contributed by atoms with Gasteiger partial charge in [-0.1, -0.05) is 42.5 Å². The first-order valence-electron chi connectivity index (χ1n) is 9.57. The van der Waals surface area contributed by atoms with E-state index in [1.54, 1.807) is 12.5 Å². The number of carbonyl (C=O) groups excluding carboxylic acids is 1. The molecule has 3 aromatic rings. The Morgan fingerprint density at radius 3 is 2.93 bits per heavy atom. The molecular weight excluding hydrogens is 352 g/mol. The zero-order valence-electron chi connectivity index (χ0n) is 15.5. The Hall–Kier alpha value is -3.12. The summed E-state index contributed by atoms with van der Waals surface area (Å²) in [5.74, 6) is 0. The topological polar surface area (TPSA) is 59.4 Å². The highest BCUT2D eigenvalue weighted by molar-refractivity contribution is 5.75. The largest absolute Gasteiger partial charge is 0.364 e. The summed E-state index contributed by atoms with van der Waals surface area (Å²) < 4.78 is 8.11. The lowest BCUT2D eigenvalue weighted by Gasteiger charge is -2.25. The molecule has 6 nitrogen and oxygen atoms in total. The average molecular weight is 374 g/mol. The normalized spacial score (nSPS) is 20.5. The van der Waals surface area contributed by atoms with Crippen LogP contribution in [0.3, 0.4) is 0 Å². The van der Waals surface area contributed by atoms with Crippen molar-refractivity contribution in [3.05, 3.63) is 83.9 Å². The second-order valence-electron chi connectivity index (χ2n) is 7.37. The van der Waals surface area contributed by atoms with Crippen molar-refractivity contribution in [1.29, 1.82) is 0 Å². The third-order valence-electron chi connectivity index (χ3n) is 5.74. The Labute approximate surface area is 163 Å². The average Bonchev–Trinajstić information content (AvgIpc) is 3.48. The van der Waals surface area contributed by atoms with Crippen LogP contribution in [0.25, 0.3) is 5.69 Å². The predicted octanol–water partition coefficient (Wildman–Crippen LogP) is 3.21. The van der Waals surface area contributed by atoms with E-state index < -0.39 is 0 Å². The monoisotopic (exact) mass is 374 g/mol. The molecule has 0 aliphatic carbocycles. The highest BCUT2D eigenvalue weighted by Gasteiger charge is 2.46. The van der Waals surface area contributed by atoms with Crippen molar-refractivity contribution in [2.75, 3.05) is 13.1 Å². The highest BCUT2D eigenvalue weighted by Crippen LogP contribution is 2.43. The van der Waals surface area contributed by atoms with E-state index in [4.69, 9.17) is 4.74 Å². The van der Waals surface area contributed by atoms with E-state index in [0.29, 0.717) is 26.2 Å². The van der Waals surface area contributed by atoms with Crippen LogP contribution >= 0.6 is 0 Å². The van der Waals surface area contributed by atoms with Crippen LogP contribution < -0.4 is 5.32 Å². The van der Waals surface area contributed by atoms with Crippen molar-refractivity contribution in [3.8, 4) is 5.69 Å². The SMILES string of the molecule is O=C(NCc1ccccc1-n1ccnc1)N1CCC2(C1)OCc1ccccc12. The van der Waals surface area contributed by atoms with Gasteiger partial charge in [0.05, 0.1) is 25.2 Å². The minimum atomic E-state index is -0.345. The van der Waals surface area contributed by atoms with Crippen LogP contribution in [0.1, 0.15) is 23.1 Å². The third-order valence-corrected chi connectivity index (χ3v) is 5.74. The Bertz CT molecular complexity index is 1000. The van der Waals surface area contributed by atoms with Gasteiger partial charge in [-0.05, 0) is 22.8 Å². The number of ether oxygens (including phenoxy) is 1. The van der Waals surface area contributed by atoms with E-state index in [1.165, 1.54) is 11.1 Å². The number of amides is 2. The number of urea groups is 1. The number of hydrogen-bond acceptors (Lipinski definition) is 3. The van der Waals surface area contributed by atoms with Crippen LogP contribution in [0.5, 0.6) is 0 Å². The summed E-state index contributed by atoms with van der Waals surface area (Å²) in [6.45, 7) is 2.39. The molecule has 1 aromatic heterocycles. The lowest BCUT2D eigenvalue weighted by Crippen LogP contribution is -2.40. The van der Waals surface area contributed by atoms with Crippen LogP contribution in [0.4, 0.5) is 4.79 Å². The third kappa shape index (κ3) is 2.86. The van der Waals surface area contributed by atoms with E-state index in [0.717, 1.165) is 17.7 Å². The maximum atomic E-state index is 12.8. The summed E-state index contributed by atoms with van der Waals surface area (Å²) >= 11 is 0. The van der Waals surface area contributed by atoms with Gasteiger partial charge in [0.2, 0.25) is 0 Å². The van der Waals surface area contributed by atoms with Crippen molar-refractivity contribution in [3.63, 3.8) is 0 Å². The molecule has 0 saturated carbocycles. The molecule has 1 atom stereocenters. The Balaban J connectivity index is 1.27. The fraction of sp³-hybridized carbons (Fsp3) is 0.273. The number of rotatable bonds is 3. The number of fused-ring (bicyclic) bond motifs is 2. The summed E-state index contributed by atoms with van der Waals surface area (Å²) in [6.07, 6.45) is 6.25. The first kappa shape index (κ1) is 17.0. The molecular formula is C22H22N4O2. The summed E-state index contributed by atoms with van der Waals surface area (Å²) in [5.41, 5.74) is 4.19. The molecule has 2 amide bonds. The molecule has 1 saturated heterocycles. The van der Waals surface area contributed by atoms with Gasteiger partial charge in [0.25, 0.3) is 0 Å². The van der Waals surface area contributed by atoms with Crippen molar-refractivity contribution in [2.45, 2.75) is 25.2 Å². The first-order chi connectivity index (χ1) is 13.8. The molecule has 5 rings (SSSR count). The van der Waals surface area contributed by atoms with Gasteiger partial charge < -0.3 is 19.5 Å². The maximum absolute atomic E-state index is 12.8. The van der Waals surface area contributed by atoms with Crippen LogP contribution in [0.15, 0.2) is 67.3 Å². The molecule has 1 spiro atoms. The standard InChI is InChI=1S/C22H22N4O2/c27-21(24-13-17-5-2-4-8-20(17)26-12-10-23-16-26)25-11-9-22(15-25)19-7-3-1-6-18(19)14-28-22/h1-8,10,12,16H,9,11,13-15H2,(H,24,27). The number of hydrogen-bond donors (Lipinski definition) is 1. The zero-order chi connectivity index (χ0) is 19.0. The molecule has 0 radical (unpaired) electrons. The maximum Gasteiger partial charge on any atom is 0.317 e. The number of carbonyl (C=O) groups is 1. The van der Waals surface area contributed by atoms with E-state index in [9.17, 15) is 4.79 Å². The Morgan fingerprint density at radius 2 is 2.04 bits per heavy atom. The number of likely N-dealkylation sites (tertiary alicyclic amines) is 1. The minimum absolute atomic E-state index is 0.0507. The van der Waals surface area contributed by atoms with Gasteiger partial charge >= 0.3 is 6.03 Å². The molecule has 1 fully saturated rings. The second-order valence-corrected chi connectivity index (χ2v) is 7.37. The molecule has 1 unspecified atom stereocenters. The van der Waals surface area contributed by atoms with Gasteiger partial charge in [-0.25, -0.2) is 9.78 Å². The zero-order valence-corrected chi connectivity index (χ0v) is 15.5. The molecule has 2 aromatic carbocycles. The molecule has 2 aliphatic rings. The van der Waals surface area contributed by atoms with Crippen molar-refractivity contribution < 1.29 is 9.53 Å². The van der Waals surface area contributed by atoms with Gasteiger partial charge in [0, 0.05) is 31.9 Å². The Kier molecular flexibility index (Phi) is 4.13. The summed E-state index contributed by atoms with van der Waals surface area (Å²) in [5, 5.41) is 3.07. The van der Waals surface area contributed by atoms with Gasteiger partial charge in [-0.2, -0.15) is 0 Å². The molecule has 0 bridgehead atoms. The van der Waals surface area contributed by atoms with Gasteiger partial charge in [-0.3, -0.25) is 0 Å². The lowest BCUT2D eigenvalue weighted by atomic mass is 9.92. The van der Waals surface area contributed by atoms with Crippen LogP contribution in [-0.2, 0) is 23.5 Å². The van der Waals surface area contributed by atoms with Gasteiger partial charge in [0.15, 0.2) is 0 Å². The quantitative estimate of drug-likeness (QED) is 0.766. The van der Waals surface area contributed by atoms with E-state index >= 15 is 0 Å². The fourth-order valence-corrected chi connectivity index (χ4v) is 4.27. The van der Waals surface area contributed by atoms with Crippen LogP contribution in [0, 0.1) is 0 Å². The fourth-order valence-electron chi connectivity index (χ4n) is 4.27. The minimum Gasteiger partial charge on any atom is -0.364 e.